The van der Waals surface area contributed by atoms with Crippen molar-refractivity contribution in [3.63, 3.8) is 0 Å². The number of ether oxygens (including phenoxy) is 1. The Balaban J connectivity index is 1.54. The van der Waals surface area contributed by atoms with Gasteiger partial charge in [-0.2, -0.15) is 0 Å². The minimum Gasteiger partial charge on any atom is -0.508 e. The molecule has 3 heterocycles. The van der Waals surface area contributed by atoms with E-state index in [0.29, 0.717) is 49.6 Å². The molecule has 0 bridgehead atoms. The summed E-state index contributed by atoms with van der Waals surface area (Å²) in [5.41, 5.74) is 1.75. The molecule has 0 amide bonds. The van der Waals surface area contributed by atoms with E-state index in [1.54, 1.807) is 12.1 Å². The number of aromatic nitrogens is 2. The third-order valence-corrected chi connectivity index (χ3v) is 5.47. The predicted molar refractivity (Wildman–Crippen MR) is 106 cm³/mol. The van der Waals surface area contributed by atoms with E-state index in [1.165, 1.54) is 25.5 Å². The van der Waals surface area contributed by atoms with Crippen LogP contribution in [0.25, 0.3) is 11.4 Å². The number of rotatable bonds is 5. The van der Waals surface area contributed by atoms with Gasteiger partial charge >= 0.3 is 0 Å². The second-order valence-electron chi connectivity index (χ2n) is 7.54. The smallest absolute Gasteiger partial charge is 0.183 e. The van der Waals surface area contributed by atoms with Crippen LogP contribution in [-0.4, -0.2) is 54.0 Å². The molecule has 6 nitrogen and oxygen atoms in total. The van der Waals surface area contributed by atoms with E-state index in [9.17, 15) is 9.50 Å². The molecule has 1 unspecified atom stereocenters. The van der Waals surface area contributed by atoms with Crippen molar-refractivity contribution >= 4 is 5.82 Å². The average molecular weight is 386 g/mol. The monoisotopic (exact) mass is 386 g/mol. The fraction of sp³-hybridized carbons (Fsp3) is 0.524. The summed E-state index contributed by atoms with van der Waals surface area (Å²) < 4.78 is 19.6. The Morgan fingerprint density at radius 3 is 2.86 bits per heavy atom. The van der Waals surface area contributed by atoms with Gasteiger partial charge < -0.3 is 20.1 Å². The standard InChI is InChI=1S/C21H27FN4O2/c22-19-14-24-20(25-21(19)26-7-9-28-10-8-26)16-11-15(12-18(27)13-16)4-5-17-3-1-2-6-23-17/h11-14,17,23,27H,1-10H2. The number of aryl methyl sites for hydroxylation is 1. The van der Waals surface area contributed by atoms with E-state index in [1.807, 2.05) is 11.0 Å². The number of piperidine rings is 1. The van der Waals surface area contributed by atoms with Gasteiger partial charge in [0.1, 0.15) is 5.75 Å². The lowest BCUT2D eigenvalue weighted by Gasteiger charge is -2.28. The molecule has 7 heteroatoms. The SMILES string of the molecule is Oc1cc(CCC2CCCCN2)cc(-c2ncc(F)c(N3CCOCC3)n2)c1. The molecule has 0 radical (unpaired) electrons. The summed E-state index contributed by atoms with van der Waals surface area (Å²) in [4.78, 5) is 10.5. The van der Waals surface area contributed by atoms with E-state index in [2.05, 4.69) is 15.3 Å². The number of aromatic hydroxyl groups is 1. The van der Waals surface area contributed by atoms with Crippen LogP contribution in [0.4, 0.5) is 10.2 Å². The zero-order chi connectivity index (χ0) is 19.3. The largest absolute Gasteiger partial charge is 0.508 e. The first-order chi connectivity index (χ1) is 13.7. The van der Waals surface area contributed by atoms with Gasteiger partial charge in [-0.05, 0) is 56.0 Å². The maximum atomic E-state index is 14.3. The highest BCUT2D eigenvalue weighted by Crippen LogP contribution is 2.27. The highest BCUT2D eigenvalue weighted by atomic mass is 19.1. The first-order valence-corrected chi connectivity index (χ1v) is 10.1. The molecule has 2 N–H and O–H groups in total. The normalized spacial score (nSPS) is 20.3. The van der Waals surface area contributed by atoms with Crippen LogP contribution in [0.2, 0.25) is 0 Å². The number of anilines is 1. The highest BCUT2D eigenvalue weighted by Gasteiger charge is 2.19. The lowest BCUT2D eigenvalue weighted by atomic mass is 9.97. The van der Waals surface area contributed by atoms with Gasteiger partial charge in [0.15, 0.2) is 17.5 Å². The van der Waals surface area contributed by atoms with E-state index in [0.717, 1.165) is 24.9 Å². The molecule has 2 saturated heterocycles. The number of benzene rings is 1. The minimum atomic E-state index is -0.436. The third kappa shape index (κ3) is 4.59. The average Bonchev–Trinajstić information content (AvgIpc) is 2.73. The molecule has 1 aromatic heterocycles. The van der Waals surface area contributed by atoms with Crippen LogP contribution in [0.15, 0.2) is 24.4 Å². The molecule has 2 aromatic rings. The maximum absolute atomic E-state index is 14.3. The second kappa shape index (κ2) is 8.84. The molecule has 0 saturated carbocycles. The van der Waals surface area contributed by atoms with Crippen molar-refractivity contribution in [2.45, 2.75) is 38.1 Å². The summed E-state index contributed by atoms with van der Waals surface area (Å²) in [6.07, 6.45) is 6.85. The van der Waals surface area contributed by atoms with Gasteiger partial charge in [-0.15, -0.1) is 0 Å². The lowest BCUT2D eigenvalue weighted by molar-refractivity contribution is 0.122. The molecule has 1 aromatic carbocycles. The molecule has 2 aliphatic rings. The van der Waals surface area contributed by atoms with Crippen LogP contribution in [-0.2, 0) is 11.2 Å². The Bertz CT molecular complexity index is 805. The summed E-state index contributed by atoms with van der Waals surface area (Å²) in [7, 11) is 0. The first-order valence-electron chi connectivity index (χ1n) is 10.1. The topological polar surface area (TPSA) is 70.5 Å². The fourth-order valence-electron chi connectivity index (χ4n) is 3.95. The number of hydrogen-bond donors (Lipinski definition) is 2. The lowest BCUT2D eigenvalue weighted by Crippen LogP contribution is -2.37. The highest BCUT2D eigenvalue weighted by molar-refractivity contribution is 5.61. The molecule has 4 rings (SSSR count). The van der Waals surface area contributed by atoms with Crippen molar-refractivity contribution in [3.05, 3.63) is 35.8 Å². The molecule has 2 aliphatic heterocycles. The Morgan fingerprint density at radius 1 is 1.21 bits per heavy atom. The quantitative estimate of drug-likeness (QED) is 0.823. The summed E-state index contributed by atoms with van der Waals surface area (Å²) in [5, 5.41) is 13.7. The zero-order valence-corrected chi connectivity index (χ0v) is 16.0. The third-order valence-electron chi connectivity index (χ3n) is 5.47. The van der Waals surface area contributed by atoms with Gasteiger partial charge in [0.25, 0.3) is 0 Å². The zero-order valence-electron chi connectivity index (χ0n) is 16.0. The maximum Gasteiger partial charge on any atom is 0.183 e. The summed E-state index contributed by atoms with van der Waals surface area (Å²) in [6, 6.07) is 5.96. The minimum absolute atomic E-state index is 0.185. The van der Waals surface area contributed by atoms with E-state index >= 15 is 0 Å². The van der Waals surface area contributed by atoms with Crippen molar-refractivity contribution in [2.24, 2.45) is 0 Å². The number of halogens is 1. The molecular formula is C21H27FN4O2. The van der Waals surface area contributed by atoms with Crippen LogP contribution in [0.1, 0.15) is 31.2 Å². The molecule has 150 valence electrons. The Hall–Kier alpha value is -2.25. The van der Waals surface area contributed by atoms with Gasteiger partial charge in [-0.3, -0.25) is 0 Å². The number of hydrogen-bond acceptors (Lipinski definition) is 6. The van der Waals surface area contributed by atoms with Crippen LogP contribution >= 0.6 is 0 Å². The number of morpholine rings is 1. The van der Waals surface area contributed by atoms with Gasteiger partial charge in [-0.1, -0.05) is 6.42 Å². The molecule has 2 fully saturated rings. The van der Waals surface area contributed by atoms with Crippen molar-refractivity contribution in [3.8, 4) is 17.1 Å². The summed E-state index contributed by atoms with van der Waals surface area (Å²) in [6.45, 7) is 3.41. The molecule has 1 atom stereocenters. The Morgan fingerprint density at radius 2 is 2.07 bits per heavy atom. The van der Waals surface area contributed by atoms with Gasteiger partial charge in [0.05, 0.1) is 19.4 Å². The van der Waals surface area contributed by atoms with Gasteiger partial charge in [-0.25, -0.2) is 14.4 Å². The van der Waals surface area contributed by atoms with Crippen LogP contribution in [0, 0.1) is 5.82 Å². The molecule has 0 spiro atoms. The van der Waals surface area contributed by atoms with Crippen molar-refractivity contribution in [2.75, 3.05) is 37.7 Å². The summed E-state index contributed by atoms with van der Waals surface area (Å²) in [5.74, 6) is 0.472. The van der Waals surface area contributed by atoms with E-state index in [-0.39, 0.29) is 5.75 Å². The molecule has 0 aliphatic carbocycles. The van der Waals surface area contributed by atoms with E-state index in [4.69, 9.17) is 4.74 Å². The Labute approximate surface area is 164 Å². The number of nitrogens with zero attached hydrogens (tertiary/aromatic N) is 3. The van der Waals surface area contributed by atoms with Crippen molar-refractivity contribution < 1.29 is 14.2 Å². The first kappa shape index (κ1) is 19.1. The van der Waals surface area contributed by atoms with Gasteiger partial charge in [0.2, 0.25) is 0 Å². The van der Waals surface area contributed by atoms with Gasteiger partial charge in [0, 0.05) is 24.7 Å². The summed E-state index contributed by atoms with van der Waals surface area (Å²) >= 11 is 0. The van der Waals surface area contributed by atoms with E-state index < -0.39 is 5.82 Å². The molecular weight excluding hydrogens is 359 g/mol. The van der Waals surface area contributed by atoms with Crippen molar-refractivity contribution in [1.29, 1.82) is 0 Å². The van der Waals surface area contributed by atoms with Crippen LogP contribution < -0.4 is 10.2 Å². The predicted octanol–water partition coefficient (Wildman–Crippen LogP) is 2.90. The number of phenolic OH excluding ortho intramolecular Hbond substituents is 1. The van der Waals surface area contributed by atoms with Crippen LogP contribution in [0.5, 0.6) is 5.75 Å². The Kier molecular flexibility index (Phi) is 6.02. The fourth-order valence-corrected chi connectivity index (χ4v) is 3.95. The number of phenols is 1. The number of nitrogens with one attached hydrogen (secondary N) is 1. The second-order valence-corrected chi connectivity index (χ2v) is 7.54. The van der Waals surface area contributed by atoms with Crippen molar-refractivity contribution in [1.82, 2.24) is 15.3 Å². The molecule has 28 heavy (non-hydrogen) atoms. The van der Waals surface area contributed by atoms with Crippen LogP contribution in [0.3, 0.4) is 0 Å².